The van der Waals surface area contributed by atoms with Crippen molar-refractivity contribution in [1.29, 1.82) is 0 Å². The Morgan fingerprint density at radius 3 is 2.50 bits per heavy atom. The number of hydrogen-bond acceptors (Lipinski definition) is 4. The minimum absolute atomic E-state index is 0.110. The average Bonchev–Trinajstić information content (AvgIpc) is 3.07. The average molecular weight is 447 g/mol. The van der Waals surface area contributed by atoms with E-state index < -0.39 is 10.0 Å². The van der Waals surface area contributed by atoms with Crippen LogP contribution in [0.1, 0.15) is 36.3 Å². The molecule has 0 saturated carbocycles. The molecule has 1 heterocycles. The number of sulfonamides is 1. The molecule has 1 amide bonds. The van der Waals surface area contributed by atoms with Gasteiger partial charge in [0.25, 0.3) is 5.91 Å². The summed E-state index contributed by atoms with van der Waals surface area (Å²) in [7, 11) is -3.62. The van der Waals surface area contributed by atoms with E-state index in [1.165, 1.54) is 24.3 Å². The van der Waals surface area contributed by atoms with E-state index >= 15 is 0 Å². The van der Waals surface area contributed by atoms with Crippen LogP contribution in [0.2, 0.25) is 5.02 Å². The van der Waals surface area contributed by atoms with Crippen LogP contribution in [-0.2, 0) is 10.0 Å². The first kappa shape index (κ1) is 22.0. The van der Waals surface area contributed by atoms with Crippen LogP contribution in [0.5, 0.6) is 0 Å². The molecular weight excluding hydrogens is 424 g/mol. The molecule has 0 saturated heterocycles. The second-order valence-electron chi connectivity index (χ2n) is 6.97. The molecule has 2 N–H and O–H groups in total. The molecule has 0 aliphatic heterocycles. The highest BCUT2D eigenvalue weighted by Gasteiger charge is 2.18. The summed E-state index contributed by atoms with van der Waals surface area (Å²) in [5.74, 6) is 0.104. The Balaban J connectivity index is 1.81. The molecule has 1 atom stereocenters. The number of amides is 1. The Kier molecular flexibility index (Phi) is 6.60. The van der Waals surface area contributed by atoms with Gasteiger partial charge in [0.05, 0.1) is 16.3 Å². The van der Waals surface area contributed by atoms with E-state index in [0.29, 0.717) is 28.5 Å². The summed E-state index contributed by atoms with van der Waals surface area (Å²) >= 11 is 6.07. The number of nitrogens with one attached hydrogen (secondary N) is 2. The van der Waals surface area contributed by atoms with Gasteiger partial charge in [-0.15, -0.1) is 0 Å². The van der Waals surface area contributed by atoms with Gasteiger partial charge in [-0.3, -0.25) is 4.79 Å². The highest BCUT2D eigenvalue weighted by Crippen LogP contribution is 2.21. The number of halogens is 1. The number of hydrogen-bond donors (Lipinski definition) is 2. The van der Waals surface area contributed by atoms with Gasteiger partial charge >= 0.3 is 0 Å². The summed E-state index contributed by atoms with van der Waals surface area (Å²) in [5, 5.41) is 7.78. The molecule has 9 heteroatoms. The van der Waals surface area contributed by atoms with Crippen LogP contribution < -0.4 is 10.0 Å². The van der Waals surface area contributed by atoms with E-state index in [1.807, 2.05) is 19.9 Å². The zero-order valence-corrected chi connectivity index (χ0v) is 18.5. The number of carbonyl (C=O) groups excluding carboxylic acids is 1. The van der Waals surface area contributed by atoms with Gasteiger partial charge in [0.15, 0.2) is 0 Å². The van der Waals surface area contributed by atoms with Crippen molar-refractivity contribution in [2.45, 2.75) is 38.1 Å². The fourth-order valence-electron chi connectivity index (χ4n) is 2.78. The maximum absolute atomic E-state index is 12.7. The molecule has 0 radical (unpaired) electrons. The van der Waals surface area contributed by atoms with Gasteiger partial charge < -0.3 is 5.32 Å². The van der Waals surface area contributed by atoms with Crippen LogP contribution in [0.3, 0.4) is 0 Å². The van der Waals surface area contributed by atoms with Gasteiger partial charge in [0, 0.05) is 22.7 Å². The number of carbonyl (C=O) groups is 1. The number of rotatable bonds is 7. The second kappa shape index (κ2) is 8.99. The van der Waals surface area contributed by atoms with E-state index in [2.05, 4.69) is 15.1 Å². The maximum Gasteiger partial charge on any atom is 0.256 e. The summed E-state index contributed by atoms with van der Waals surface area (Å²) in [6.07, 6.45) is 0.680. The van der Waals surface area contributed by atoms with Crippen molar-refractivity contribution in [3.63, 3.8) is 0 Å². The molecule has 0 aliphatic rings. The molecule has 2 aromatic carbocycles. The quantitative estimate of drug-likeness (QED) is 0.569. The van der Waals surface area contributed by atoms with E-state index in [4.69, 9.17) is 11.6 Å². The topological polar surface area (TPSA) is 93.1 Å². The standard InChI is InChI=1S/C21H23ClN4O3S/c1-4-14(2)25-30(28,29)19-10-8-16(9-11-19)21(27)23-20-12-15(3)24-26(20)18-7-5-6-17(22)13-18/h5-14,25H,4H2,1-3H3,(H,23,27). The van der Waals surface area contributed by atoms with Crippen molar-refractivity contribution < 1.29 is 13.2 Å². The summed E-state index contributed by atoms with van der Waals surface area (Å²) in [6.45, 7) is 5.52. The molecule has 0 aliphatic carbocycles. The molecule has 0 bridgehead atoms. The Morgan fingerprint density at radius 2 is 1.87 bits per heavy atom. The van der Waals surface area contributed by atoms with Crippen molar-refractivity contribution in [3.8, 4) is 5.69 Å². The summed E-state index contributed by atoms with van der Waals surface area (Å²) in [6, 6.07) is 14.5. The molecule has 0 spiro atoms. The lowest BCUT2D eigenvalue weighted by molar-refractivity contribution is 0.102. The molecular formula is C21H23ClN4O3S. The SMILES string of the molecule is CCC(C)NS(=O)(=O)c1ccc(C(=O)Nc2cc(C)nn2-c2cccc(Cl)c2)cc1. The molecule has 30 heavy (non-hydrogen) atoms. The number of nitrogens with zero attached hydrogens (tertiary/aromatic N) is 2. The van der Waals surface area contributed by atoms with Crippen LogP contribution in [-0.4, -0.2) is 30.1 Å². The van der Waals surface area contributed by atoms with Gasteiger partial charge in [-0.1, -0.05) is 24.6 Å². The Labute approximate surface area is 181 Å². The Bertz CT molecular complexity index is 1160. The zero-order valence-electron chi connectivity index (χ0n) is 16.9. The van der Waals surface area contributed by atoms with Gasteiger partial charge in [-0.25, -0.2) is 17.8 Å². The first-order valence-electron chi connectivity index (χ1n) is 9.46. The molecule has 1 unspecified atom stereocenters. The lowest BCUT2D eigenvalue weighted by Gasteiger charge is -2.12. The third-order valence-electron chi connectivity index (χ3n) is 4.52. The van der Waals surface area contributed by atoms with Crippen LogP contribution in [0.4, 0.5) is 5.82 Å². The maximum atomic E-state index is 12.7. The van der Waals surface area contributed by atoms with Crippen molar-refractivity contribution >= 4 is 33.3 Å². The zero-order chi connectivity index (χ0) is 21.9. The lowest BCUT2D eigenvalue weighted by atomic mass is 10.2. The van der Waals surface area contributed by atoms with Gasteiger partial charge in [-0.05, 0) is 62.7 Å². The number of aryl methyl sites for hydroxylation is 1. The van der Waals surface area contributed by atoms with E-state index in [0.717, 1.165) is 5.69 Å². The largest absolute Gasteiger partial charge is 0.306 e. The van der Waals surface area contributed by atoms with Crippen LogP contribution >= 0.6 is 11.6 Å². The monoisotopic (exact) mass is 446 g/mol. The van der Waals surface area contributed by atoms with Crippen molar-refractivity contribution in [3.05, 3.63) is 70.9 Å². The number of aromatic nitrogens is 2. The Morgan fingerprint density at radius 1 is 1.17 bits per heavy atom. The van der Waals surface area contributed by atoms with Crippen LogP contribution in [0.15, 0.2) is 59.5 Å². The third-order valence-corrected chi connectivity index (χ3v) is 6.36. The van der Waals surface area contributed by atoms with E-state index in [9.17, 15) is 13.2 Å². The fourth-order valence-corrected chi connectivity index (χ4v) is 4.29. The second-order valence-corrected chi connectivity index (χ2v) is 9.12. The predicted molar refractivity (Wildman–Crippen MR) is 118 cm³/mol. The predicted octanol–water partition coefficient (Wildman–Crippen LogP) is 4.16. The fraction of sp³-hybridized carbons (Fsp3) is 0.238. The molecule has 7 nitrogen and oxygen atoms in total. The molecule has 1 aromatic heterocycles. The number of anilines is 1. The van der Waals surface area contributed by atoms with Gasteiger partial charge in [-0.2, -0.15) is 5.10 Å². The molecule has 0 fully saturated rings. The Hall–Kier alpha value is -2.68. The normalized spacial score (nSPS) is 12.5. The van der Waals surface area contributed by atoms with Crippen molar-refractivity contribution in [2.24, 2.45) is 0 Å². The first-order valence-corrected chi connectivity index (χ1v) is 11.3. The van der Waals surface area contributed by atoms with E-state index in [-0.39, 0.29) is 16.8 Å². The molecule has 3 aromatic rings. The summed E-state index contributed by atoms with van der Waals surface area (Å²) < 4.78 is 28.9. The minimum atomic E-state index is -3.62. The minimum Gasteiger partial charge on any atom is -0.306 e. The first-order chi connectivity index (χ1) is 14.2. The molecule has 3 rings (SSSR count). The lowest BCUT2D eigenvalue weighted by Crippen LogP contribution is -2.32. The highest BCUT2D eigenvalue weighted by molar-refractivity contribution is 7.89. The molecule has 158 valence electrons. The number of benzene rings is 2. The van der Waals surface area contributed by atoms with Crippen LogP contribution in [0.25, 0.3) is 5.69 Å². The van der Waals surface area contributed by atoms with Gasteiger partial charge in [0.1, 0.15) is 5.82 Å². The third kappa shape index (κ3) is 5.08. The summed E-state index contributed by atoms with van der Waals surface area (Å²) in [4.78, 5) is 12.8. The van der Waals surface area contributed by atoms with Gasteiger partial charge in [0.2, 0.25) is 10.0 Å². The smallest absolute Gasteiger partial charge is 0.256 e. The van der Waals surface area contributed by atoms with E-state index in [1.54, 1.807) is 35.9 Å². The highest BCUT2D eigenvalue weighted by atomic mass is 35.5. The van der Waals surface area contributed by atoms with Crippen molar-refractivity contribution in [1.82, 2.24) is 14.5 Å². The summed E-state index contributed by atoms with van der Waals surface area (Å²) in [5.41, 5.74) is 1.76. The van der Waals surface area contributed by atoms with Crippen LogP contribution in [0, 0.1) is 6.92 Å². The van der Waals surface area contributed by atoms with Crippen molar-refractivity contribution in [2.75, 3.05) is 5.32 Å².